The molecule has 8 heteroatoms. The second-order valence-electron chi connectivity index (χ2n) is 10.0. The van der Waals surface area contributed by atoms with Crippen LogP contribution in [0.1, 0.15) is 36.6 Å². The molecule has 36 heavy (non-hydrogen) atoms. The van der Waals surface area contributed by atoms with E-state index in [1.807, 2.05) is 48.7 Å². The van der Waals surface area contributed by atoms with Gasteiger partial charge in [0.1, 0.15) is 5.75 Å². The van der Waals surface area contributed by atoms with Crippen LogP contribution >= 0.6 is 0 Å². The van der Waals surface area contributed by atoms with Crippen molar-refractivity contribution in [3.05, 3.63) is 66.1 Å². The van der Waals surface area contributed by atoms with Gasteiger partial charge >= 0.3 is 5.97 Å². The number of aliphatic carboxylic acids is 1. The van der Waals surface area contributed by atoms with Crippen molar-refractivity contribution in [1.29, 1.82) is 0 Å². The zero-order chi connectivity index (χ0) is 25.1. The summed E-state index contributed by atoms with van der Waals surface area (Å²) in [7, 11) is 1.62. The molecule has 4 heterocycles. The molecular formula is C28H34N4O4. The number of fused-ring (bicyclic) bond motifs is 1. The van der Waals surface area contributed by atoms with Crippen LogP contribution < -0.4 is 4.74 Å². The molecular weight excluding hydrogens is 456 g/mol. The number of carboxylic acids is 1. The Balaban J connectivity index is 1.17. The zero-order valence-electron chi connectivity index (χ0n) is 20.7. The van der Waals surface area contributed by atoms with Gasteiger partial charge in [0.05, 0.1) is 30.3 Å². The predicted molar refractivity (Wildman–Crippen MR) is 137 cm³/mol. The molecule has 1 aromatic carbocycles. The van der Waals surface area contributed by atoms with Gasteiger partial charge in [-0.1, -0.05) is 6.07 Å². The van der Waals surface area contributed by atoms with Gasteiger partial charge < -0.3 is 14.9 Å². The number of aromatic nitrogens is 2. The lowest BCUT2D eigenvalue weighted by atomic mass is 9.80. The first-order valence-corrected chi connectivity index (χ1v) is 12.7. The quantitative estimate of drug-likeness (QED) is 0.471. The Kier molecular flexibility index (Phi) is 7.46. The van der Waals surface area contributed by atoms with Crippen LogP contribution in [0.3, 0.4) is 0 Å². The van der Waals surface area contributed by atoms with E-state index in [9.17, 15) is 15.0 Å². The topological polar surface area (TPSA) is 99.0 Å². The van der Waals surface area contributed by atoms with Gasteiger partial charge in [0.2, 0.25) is 0 Å². The number of aliphatic hydroxyl groups is 1. The summed E-state index contributed by atoms with van der Waals surface area (Å²) >= 11 is 0. The number of likely N-dealkylation sites (tertiary alicyclic amines) is 2. The van der Waals surface area contributed by atoms with Crippen molar-refractivity contribution in [2.45, 2.75) is 38.0 Å². The number of hydrogen-bond donors (Lipinski definition) is 2. The van der Waals surface area contributed by atoms with Crippen LogP contribution in [-0.4, -0.2) is 75.3 Å². The van der Waals surface area contributed by atoms with E-state index >= 15 is 0 Å². The number of rotatable bonds is 9. The van der Waals surface area contributed by atoms with Crippen LogP contribution in [0.2, 0.25) is 0 Å². The normalized spacial score (nSPS) is 22.3. The van der Waals surface area contributed by atoms with Gasteiger partial charge in [0, 0.05) is 50.0 Å². The Morgan fingerprint density at radius 1 is 1.14 bits per heavy atom. The second kappa shape index (κ2) is 10.9. The van der Waals surface area contributed by atoms with Gasteiger partial charge in [0.15, 0.2) is 0 Å². The average molecular weight is 491 g/mol. The summed E-state index contributed by atoms with van der Waals surface area (Å²) in [5, 5.41) is 21.9. The Bertz CT molecular complexity index is 1180. The molecule has 2 fully saturated rings. The number of methoxy groups -OCH3 is 1. The number of aliphatic hydroxyl groups excluding tert-OH is 1. The van der Waals surface area contributed by atoms with Crippen molar-refractivity contribution < 1.29 is 19.7 Å². The summed E-state index contributed by atoms with van der Waals surface area (Å²) in [5.74, 6) is -0.370. The van der Waals surface area contributed by atoms with Crippen molar-refractivity contribution in [3.8, 4) is 5.75 Å². The first kappa shape index (κ1) is 24.6. The van der Waals surface area contributed by atoms with E-state index in [4.69, 9.17) is 4.74 Å². The number of nitrogens with zero attached hydrogens (tertiary/aromatic N) is 4. The van der Waals surface area contributed by atoms with Crippen LogP contribution in [-0.2, 0) is 11.3 Å². The number of ether oxygens (including phenoxy) is 1. The van der Waals surface area contributed by atoms with Crippen molar-refractivity contribution in [2.24, 2.45) is 11.8 Å². The summed E-state index contributed by atoms with van der Waals surface area (Å²) in [6.07, 6.45) is 4.89. The fraction of sp³-hybridized carbons (Fsp3) is 0.464. The minimum absolute atomic E-state index is 0.0562. The Hall–Kier alpha value is -3.07. The molecule has 0 aliphatic carbocycles. The zero-order valence-corrected chi connectivity index (χ0v) is 20.7. The van der Waals surface area contributed by atoms with Crippen molar-refractivity contribution in [3.63, 3.8) is 0 Å². The second-order valence-corrected chi connectivity index (χ2v) is 10.0. The smallest absolute Gasteiger partial charge is 0.308 e. The molecule has 1 unspecified atom stereocenters. The number of pyridine rings is 2. The van der Waals surface area contributed by atoms with E-state index in [0.717, 1.165) is 60.5 Å². The highest BCUT2D eigenvalue weighted by atomic mass is 16.5. The Morgan fingerprint density at radius 2 is 2.00 bits per heavy atom. The summed E-state index contributed by atoms with van der Waals surface area (Å²) < 4.78 is 5.35. The molecule has 8 nitrogen and oxygen atoms in total. The van der Waals surface area contributed by atoms with Crippen LogP contribution in [0.5, 0.6) is 5.75 Å². The summed E-state index contributed by atoms with van der Waals surface area (Å²) in [5.41, 5.74) is 2.68. The molecule has 0 spiro atoms. The number of hydrogen-bond acceptors (Lipinski definition) is 7. The molecule has 0 amide bonds. The van der Waals surface area contributed by atoms with Crippen molar-refractivity contribution in [1.82, 2.24) is 19.8 Å². The number of piperidine rings is 1. The van der Waals surface area contributed by atoms with Gasteiger partial charge in [-0.25, -0.2) is 0 Å². The standard InChI is InChI=1S/C28H34N4O4/c1-36-22-6-7-26-24(14-22)23(9-12-30-26)27(33)8-5-19-10-13-32(18-25(19)28(34)35)21-16-31(17-21)15-20-4-2-3-11-29-20/h2-4,6-7,9,11-12,14,19,21,25,27,33H,5,8,10,13,15-18H2,1H3,(H,34,35)/t19-,25+,27?/m1/s1. The fourth-order valence-electron chi connectivity index (χ4n) is 5.70. The molecule has 3 atom stereocenters. The third-order valence-electron chi connectivity index (χ3n) is 7.82. The van der Waals surface area contributed by atoms with E-state index in [0.29, 0.717) is 25.4 Å². The largest absolute Gasteiger partial charge is 0.497 e. The molecule has 2 aliphatic rings. The lowest BCUT2D eigenvalue weighted by Crippen LogP contribution is -2.61. The monoisotopic (exact) mass is 490 g/mol. The maximum absolute atomic E-state index is 12.2. The maximum Gasteiger partial charge on any atom is 0.308 e. The van der Waals surface area contributed by atoms with Crippen LogP contribution in [0.4, 0.5) is 0 Å². The molecule has 3 aromatic rings. The highest BCUT2D eigenvalue weighted by Gasteiger charge is 2.40. The minimum atomic E-state index is -0.733. The molecule has 5 rings (SSSR count). The SMILES string of the molecule is COc1ccc2nccc(C(O)CC[C@@H]3CCN(C4CN(Cc5ccccn5)C4)C[C@@H]3C(=O)O)c2c1. The third kappa shape index (κ3) is 5.36. The maximum atomic E-state index is 12.2. The van der Waals surface area contributed by atoms with Gasteiger partial charge in [-0.15, -0.1) is 0 Å². The molecule has 2 aromatic heterocycles. The van der Waals surface area contributed by atoms with E-state index in [-0.39, 0.29) is 5.92 Å². The first-order chi connectivity index (χ1) is 17.5. The first-order valence-electron chi connectivity index (χ1n) is 12.7. The van der Waals surface area contributed by atoms with E-state index in [2.05, 4.69) is 19.8 Å². The van der Waals surface area contributed by atoms with Crippen molar-refractivity contribution in [2.75, 3.05) is 33.3 Å². The van der Waals surface area contributed by atoms with Gasteiger partial charge in [-0.05, 0) is 73.7 Å². The number of carbonyl (C=O) groups is 1. The predicted octanol–water partition coefficient (Wildman–Crippen LogP) is 3.36. The van der Waals surface area contributed by atoms with Crippen LogP contribution in [0.25, 0.3) is 10.9 Å². The highest BCUT2D eigenvalue weighted by Crippen LogP contribution is 2.35. The lowest BCUT2D eigenvalue weighted by molar-refractivity contribution is -0.147. The Labute approximate surface area is 211 Å². The summed E-state index contributed by atoms with van der Waals surface area (Å²) in [6, 6.07) is 13.9. The van der Waals surface area contributed by atoms with Gasteiger partial charge in [-0.3, -0.25) is 24.6 Å². The molecule has 2 aliphatic heterocycles. The molecule has 190 valence electrons. The average Bonchev–Trinajstić information content (AvgIpc) is 2.89. The van der Waals surface area contributed by atoms with Gasteiger partial charge in [-0.2, -0.15) is 0 Å². The summed E-state index contributed by atoms with van der Waals surface area (Å²) in [4.78, 5) is 25.7. The summed E-state index contributed by atoms with van der Waals surface area (Å²) in [6.45, 7) is 4.22. The molecule has 2 saturated heterocycles. The number of benzene rings is 1. The fourth-order valence-corrected chi connectivity index (χ4v) is 5.70. The van der Waals surface area contributed by atoms with Crippen LogP contribution in [0, 0.1) is 11.8 Å². The molecule has 0 radical (unpaired) electrons. The van der Waals surface area contributed by atoms with Gasteiger partial charge in [0.25, 0.3) is 0 Å². The highest BCUT2D eigenvalue weighted by molar-refractivity contribution is 5.83. The van der Waals surface area contributed by atoms with Crippen LogP contribution in [0.15, 0.2) is 54.9 Å². The molecule has 0 saturated carbocycles. The van der Waals surface area contributed by atoms with E-state index in [1.54, 1.807) is 13.3 Å². The van der Waals surface area contributed by atoms with E-state index < -0.39 is 18.0 Å². The lowest BCUT2D eigenvalue weighted by Gasteiger charge is -2.49. The third-order valence-corrected chi connectivity index (χ3v) is 7.82. The minimum Gasteiger partial charge on any atom is -0.497 e. The molecule has 0 bridgehead atoms. The molecule has 2 N–H and O–H groups in total. The van der Waals surface area contributed by atoms with E-state index in [1.165, 1.54) is 0 Å². The van der Waals surface area contributed by atoms with Crippen molar-refractivity contribution >= 4 is 16.9 Å². The number of carboxylic acid groups (broad SMARTS) is 1. The Morgan fingerprint density at radius 3 is 2.75 bits per heavy atom.